The first-order chi connectivity index (χ1) is 13.7. The molecule has 0 radical (unpaired) electrons. The van der Waals surface area contributed by atoms with Crippen molar-refractivity contribution >= 4 is 6.03 Å². The molecule has 150 valence electrons. The molecule has 1 heterocycles. The van der Waals surface area contributed by atoms with Gasteiger partial charge in [0.2, 0.25) is 0 Å². The van der Waals surface area contributed by atoms with Gasteiger partial charge < -0.3 is 20.6 Å². The molecular weight excluding hydrogens is 357 g/mol. The fourth-order valence-electron chi connectivity index (χ4n) is 3.68. The number of halogens is 1. The van der Waals surface area contributed by atoms with Crippen LogP contribution < -0.4 is 10.6 Å². The minimum absolute atomic E-state index is 0.244. The molecule has 1 atom stereocenters. The first-order valence-electron chi connectivity index (χ1n) is 9.83. The lowest BCUT2D eigenvalue weighted by Crippen LogP contribution is -2.43. The van der Waals surface area contributed by atoms with E-state index in [9.17, 15) is 14.3 Å². The zero-order valence-electron chi connectivity index (χ0n) is 16.0. The second kappa shape index (κ2) is 10.2. The number of carbonyl (C=O) groups is 1. The highest BCUT2D eigenvalue weighted by Crippen LogP contribution is 2.27. The lowest BCUT2D eigenvalue weighted by atomic mass is 9.89. The number of hydrogen-bond donors (Lipinski definition) is 3. The van der Waals surface area contributed by atoms with Crippen LogP contribution in [0.3, 0.4) is 0 Å². The van der Waals surface area contributed by atoms with E-state index in [-0.39, 0.29) is 18.5 Å². The molecule has 6 heteroatoms. The predicted octanol–water partition coefficient (Wildman–Crippen LogP) is 3.04. The smallest absolute Gasteiger partial charge is 0.315 e. The molecule has 0 unspecified atom stereocenters. The van der Waals surface area contributed by atoms with Crippen molar-refractivity contribution in [3.8, 4) is 0 Å². The second-order valence-electron chi connectivity index (χ2n) is 7.21. The highest BCUT2D eigenvalue weighted by molar-refractivity contribution is 5.74. The molecule has 2 aromatic rings. The van der Waals surface area contributed by atoms with Crippen molar-refractivity contribution in [3.05, 3.63) is 71.5 Å². The average molecular weight is 385 g/mol. The van der Waals surface area contributed by atoms with E-state index < -0.39 is 6.04 Å². The van der Waals surface area contributed by atoms with E-state index in [2.05, 4.69) is 39.8 Å². The Morgan fingerprint density at radius 3 is 2.43 bits per heavy atom. The zero-order chi connectivity index (χ0) is 19.8. The van der Waals surface area contributed by atoms with E-state index in [1.54, 1.807) is 12.1 Å². The maximum Gasteiger partial charge on any atom is 0.315 e. The Kier molecular flexibility index (Phi) is 7.39. The number of carbonyl (C=O) groups excluding carboxylic acids is 1. The summed E-state index contributed by atoms with van der Waals surface area (Å²) in [6.45, 7) is 3.15. The summed E-state index contributed by atoms with van der Waals surface area (Å²) in [5.41, 5.74) is 2.08. The third-order valence-electron chi connectivity index (χ3n) is 5.33. The van der Waals surface area contributed by atoms with Crippen LogP contribution >= 0.6 is 0 Å². The number of nitrogens with one attached hydrogen (secondary N) is 2. The number of aliphatic hydroxyl groups is 1. The summed E-state index contributed by atoms with van der Waals surface area (Å²) in [5.74, 6) is 0.274. The SMILES string of the molecule is O=C(NCCN1CCC(c2ccccc2)CC1)N[C@H](CO)c1ccc(F)cc1. The molecule has 5 nitrogen and oxygen atoms in total. The van der Waals surface area contributed by atoms with Gasteiger partial charge in [0.05, 0.1) is 12.6 Å². The molecule has 28 heavy (non-hydrogen) atoms. The molecule has 1 aliphatic heterocycles. The minimum Gasteiger partial charge on any atom is -0.394 e. The maximum atomic E-state index is 13.0. The average Bonchev–Trinajstić information content (AvgIpc) is 2.74. The Bertz CT molecular complexity index is 731. The van der Waals surface area contributed by atoms with Gasteiger partial charge in [0.15, 0.2) is 0 Å². The van der Waals surface area contributed by atoms with Gasteiger partial charge in [-0.2, -0.15) is 0 Å². The predicted molar refractivity (Wildman–Crippen MR) is 108 cm³/mol. The Balaban J connectivity index is 1.37. The van der Waals surface area contributed by atoms with E-state index in [1.165, 1.54) is 17.7 Å². The van der Waals surface area contributed by atoms with Crippen LogP contribution in [0, 0.1) is 5.82 Å². The van der Waals surface area contributed by atoms with Crippen LogP contribution in [-0.2, 0) is 0 Å². The van der Waals surface area contributed by atoms with Crippen molar-refractivity contribution < 1.29 is 14.3 Å². The largest absolute Gasteiger partial charge is 0.394 e. The first-order valence-corrected chi connectivity index (χ1v) is 9.83. The van der Waals surface area contributed by atoms with Crippen LogP contribution in [0.25, 0.3) is 0 Å². The van der Waals surface area contributed by atoms with E-state index in [0.29, 0.717) is 18.0 Å². The maximum absolute atomic E-state index is 13.0. The quantitative estimate of drug-likeness (QED) is 0.686. The number of piperidine rings is 1. The van der Waals surface area contributed by atoms with Crippen molar-refractivity contribution in [3.63, 3.8) is 0 Å². The minimum atomic E-state index is -0.554. The normalized spacial score (nSPS) is 16.5. The third kappa shape index (κ3) is 5.78. The molecule has 1 fully saturated rings. The van der Waals surface area contributed by atoms with Crippen LogP contribution in [0.2, 0.25) is 0 Å². The van der Waals surface area contributed by atoms with Gasteiger partial charge in [-0.1, -0.05) is 42.5 Å². The van der Waals surface area contributed by atoms with Crippen LogP contribution in [0.15, 0.2) is 54.6 Å². The molecule has 2 amide bonds. The molecule has 1 aliphatic rings. The molecule has 3 rings (SSSR count). The highest BCUT2D eigenvalue weighted by Gasteiger charge is 2.20. The number of nitrogens with zero attached hydrogens (tertiary/aromatic N) is 1. The summed E-state index contributed by atoms with van der Waals surface area (Å²) in [4.78, 5) is 14.5. The Labute approximate surface area is 165 Å². The topological polar surface area (TPSA) is 64.6 Å². The van der Waals surface area contributed by atoms with Gasteiger partial charge in [-0.15, -0.1) is 0 Å². The molecule has 0 aromatic heterocycles. The monoisotopic (exact) mass is 385 g/mol. The van der Waals surface area contributed by atoms with Gasteiger partial charge in [0.25, 0.3) is 0 Å². The van der Waals surface area contributed by atoms with E-state index in [0.717, 1.165) is 32.5 Å². The summed E-state index contributed by atoms with van der Waals surface area (Å²) in [5, 5.41) is 15.1. The lowest BCUT2D eigenvalue weighted by molar-refractivity contribution is 0.203. The van der Waals surface area contributed by atoms with E-state index in [1.807, 2.05) is 6.07 Å². The Morgan fingerprint density at radius 2 is 1.79 bits per heavy atom. The fourth-order valence-corrected chi connectivity index (χ4v) is 3.68. The Morgan fingerprint density at radius 1 is 1.11 bits per heavy atom. The lowest BCUT2D eigenvalue weighted by Gasteiger charge is -2.32. The number of urea groups is 1. The number of hydrogen-bond acceptors (Lipinski definition) is 3. The number of rotatable bonds is 7. The molecule has 1 saturated heterocycles. The van der Waals surface area contributed by atoms with Crippen molar-refractivity contribution in [2.75, 3.05) is 32.8 Å². The molecule has 3 N–H and O–H groups in total. The molecule has 0 bridgehead atoms. The molecule has 0 spiro atoms. The van der Waals surface area contributed by atoms with Crippen LogP contribution in [0.5, 0.6) is 0 Å². The fraction of sp³-hybridized carbons (Fsp3) is 0.409. The van der Waals surface area contributed by atoms with Gasteiger partial charge >= 0.3 is 6.03 Å². The molecule has 2 aromatic carbocycles. The summed E-state index contributed by atoms with van der Waals surface area (Å²) < 4.78 is 13.0. The number of amides is 2. The summed E-state index contributed by atoms with van der Waals surface area (Å²) in [6, 6.07) is 15.5. The van der Waals surface area contributed by atoms with Crippen LogP contribution in [0.1, 0.15) is 35.9 Å². The van der Waals surface area contributed by atoms with Crippen LogP contribution in [0.4, 0.5) is 9.18 Å². The van der Waals surface area contributed by atoms with Crippen molar-refractivity contribution in [2.24, 2.45) is 0 Å². The third-order valence-corrected chi connectivity index (χ3v) is 5.33. The van der Waals surface area contributed by atoms with Crippen LogP contribution in [-0.4, -0.2) is 48.8 Å². The van der Waals surface area contributed by atoms with Gasteiger partial charge in [-0.3, -0.25) is 0 Å². The second-order valence-corrected chi connectivity index (χ2v) is 7.21. The summed E-state index contributed by atoms with van der Waals surface area (Å²) in [7, 11) is 0. The van der Waals surface area contributed by atoms with Crippen molar-refractivity contribution in [1.82, 2.24) is 15.5 Å². The van der Waals surface area contributed by atoms with Gasteiger partial charge in [-0.25, -0.2) is 9.18 Å². The van der Waals surface area contributed by atoms with E-state index >= 15 is 0 Å². The highest BCUT2D eigenvalue weighted by atomic mass is 19.1. The van der Waals surface area contributed by atoms with Crippen molar-refractivity contribution in [1.29, 1.82) is 0 Å². The summed E-state index contributed by atoms with van der Waals surface area (Å²) >= 11 is 0. The standard InChI is InChI=1S/C22H28FN3O2/c23-20-8-6-19(7-9-20)21(16-27)25-22(28)24-12-15-26-13-10-18(11-14-26)17-4-2-1-3-5-17/h1-9,18,21,27H,10-16H2,(H2,24,25,28)/t21-/m1/s1. The van der Waals surface area contributed by atoms with Gasteiger partial charge in [-0.05, 0) is 55.1 Å². The van der Waals surface area contributed by atoms with Gasteiger partial charge in [0, 0.05) is 13.1 Å². The molecule has 0 aliphatic carbocycles. The molecular formula is C22H28FN3O2. The zero-order valence-corrected chi connectivity index (χ0v) is 16.0. The number of aliphatic hydroxyl groups excluding tert-OH is 1. The van der Waals surface area contributed by atoms with Gasteiger partial charge in [0.1, 0.15) is 5.82 Å². The van der Waals surface area contributed by atoms with E-state index in [4.69, 9.17) is 0 Å². The molecule has 0 saturated carbocycles. The first kappa shape index (κ1) is 20.3. The number of likely N-dealkylation sites (tertiary alicyclic amines) is 1. The number of benzene rings is 2. The Hall–Kier alpha value is -2.44. The van der Waals surface area contributed by atoms with Crippen molar-refractivity contribution in [2.45, 2.75) is 24.8 Å². The summed E-state index contributed by atoms with van der Waals surface area (Å²) in [6.07, 6.45) is 2.26.